The van der Waals surface area contributed by atoms with Gasteiger partial charge in [-0.1, -0.05) is 80.1 Å². The SMILES string of the molecule is CC[C@H](C)[C@H](NC(=O)c1ccccc1)C(=O)Nc1nnc(-c2ccccc2)s1. The quantitative estimate of drug-likeness (QED) is 0.635. The van der Waals surface area contributed by atoms with Crippen LogP contribution in [0, 0.1) is 5.92 Å². The number of benzene rings is 2. The fraction of sp³-hybridized carbons (Fsp3) is 0.238. The minimum absolute atomic E-state index is 0.0332. The van der Waals surface area contributed by atoms with Gasteiger partial charge in [0.15, 0.2) is 0 Å². The van der Waals surface area contributed by atoms with Crippen molar-refractivity contribution in [2.24, 2.45) is 5.92 Å². The maximum atomic E-state index is 12.8. The van der Waals surface area contributed by atoms with Gasteiger partial charge in [-0.15, -0.1) is 10.2 Å². The minimum atomic E-state index is -0.665. The van der Waals surface area contributed by atoms with E-state index in [0.717, 1.165) is 17.0 Å². The van der Waals surface area contributed by atoms with E-state index < -0.39 is 6.04 Å². The van der Waals surface area contributed by atoms with Crippen LogP contribution in [0.25, 0.3) is 10.6 Å². The normalized spacial score (nSPS) is 12.8. The molecule has 0 radical (unpaired) electrons. The number of hydrogen-bond donors (Lipinski definition) is 2. The smallest absolute Gasteiger partial charge is 0.251 e. The number of hydrogen-bond acceptors (Lipinski definition) is 5. The highest BCUT2D eigenvalue weighted by Crippen LogP contribution is 2.26. The molecule has 1 heterocycles. The molecule has 2 N–H and O–H groups in total. The lowest BCUT2D eigenvalue weighted by Gasteiger charge is -2.23. The molecule has 0 bridgehead atoms. The predicted molar refractivity (Wildman–Crippen MR) is 111 cm³/mol. The zero-order valence-corrected chi connectivity index (χ0v) is 16.6. The molecular weight excluding hydrogens is 372 g/mol. The van der Waals surface area contributed by atoms with E-state index in [0.29, 0.717) is 10.7 Å². The van der Waals surface area contributed by atoms with Crippen molar-refractivity contribution in [3.63, 3.8) is 0 Å². The first-order chi connectivity index (χ1) is 13.6. The Morgan fingerprint density at radius 2 is 1.64 bits per heavy atom. The van der Waals surface area contributed by atoms with Crippen LogP contribution in [0.2, 0.25) is 0 Å². The van der Waals surface area contributed by atoms with E-state index in [2.05, 4.69) is 20.8 Å². The third-order valence-corrected chi connectivity index (χ3v) is 5.38. The molecule has 2 amide bonds. The molecule has 28 heavy (non-hydrogen) atoms. The van der Waals surface area contributed by atoms with Crippen molar-refractivity contribution in [2.75, 3.05) is 5.32 Å². The Morgan fingerprint density at radius 3 is 2.29 bits per heavy atom. The van der Waals surface area contributed by atoms with Crippen molar-refractivity contribution in [1.29, 1.82) is 0 Å². The Kier molecular flexibility index (Phi) is 6.49. The van der Waals surface area contributed by atoms with Crippen LogP contribution in [0.15, 0.2) is 60.7 Å². The van der Waals surface area contributed by atoms with Gasteiger partial charge in [0.05, 0.1) is 0 Å². The van der Waals surface area contributed by atoms with Crippen LogP contribution in [0.3, 0.4) is 0 Å². The van der Waals surface area contributed by atoms with Crippen molar-refractivity contribution in [3.05, 3.63) is 66.2 Å². The average molecular weight is 395 g/mol. The monoisotopic (exact) mass is 394 g/mol. The molecule has 0 aliphatic carbocycles. The second-order valence-corrected chi connectivity index (χ2v) is 7.45. The van der Waals surface area contributed by atoms with E-state index in [-0.39, 0.29) is 17.7 Å². The maximum absolute atomic E-state index is 12.8. The number of amides is 2. The van der Waals surface area contributed by atoms with E-state index in [4.69, 9.17) is 0 Å². The summed E-state index contributed by atoms with van der Waals surface area (Å²) in [7, 11) is 0. The molecule has 0 aliphatic heterocycles. The second-order valence-electron chi connectivity index (χ2n) is 6.47. The van der Waals surface area contributed by atoms with Crippen LogP contribution in [-0.4, -0.2) is 28.1 Å². The van der Waals surface area contributed by atoms with Gasteiger partial charge < -0.3 is 5.32 Å². The largest absolute Gasteiger partial charge is 0.340 e. The molecular formula is C21H22N4O2S. The van der Waals surface area contributed by atoms with Gasteiger partial charge in [-0.3, -0.25) is 14.9 Å². The number of nitrogens with one attached hydrogen (secondary N) is 2. The van der Waals surface area contributed by atoms with Gasteiger partial charge in [0, 0.05) is 11.1 Å². The minimum Gasteiger partial charge on any atom is -0.340 e. The van der Waals surface area contributed by atoms with Gasteiger partial charge in [-0.05, 0) is 18.1 Å². The third-order valence-electron chi connectivity index (χ3n) is 4.49. The van der Waals surface area contributed by atoms with E-state index in [1.165, 1.54) is 11.3 Å². The molecule has 144 valence electrons. The van der Waals surface area contributed by atoms with E-state index in [1.807, 2.05) is 50.2 Å². The number of carbonyl (C=O) groups is 2. The number of rotatable bonds is 7. The Morgan fingerprint density at radius 1 is 1.00 bits per heavy atom. The van der Waals surface area contributed by atoms with E-state index >= 15 is 0 Å². The number of carbonyl (C=O) groups excluding carboxylic acids is 2. The highest BCUT2D eigenvalue weighted by Gasteiger charge is 2.27. The lowest BCUT2D eigenvalue weighted by Crippen LogP contribution is -2.47. The average Bonchev–Trinajstić information content (AvgIpc) is 3.21. The lowest BCUT2D eigenvalue weighted by molar-refractivity contribution is -0.119. The van der Waals surface area contributed by atoms with Crippen LogP contribution in [0.1, 0.15) is 30.6 Å². The molecule has 3 aromatic rings. The number of anilines is 1. The third kappa shape index (κ3) is 4.80. The Bertz CT molecular complexity index is 928. The van der Waals surface area contributed by atoms with Crippen LogP contribution in [-0.2, 0) is 4.79 Å². The maximum Gasteiger partial charge on any atom is 0.251 e. The van der Waals surface area contributed by atoms with Crippen LogP contribution < -0.4 is 10.6 Å². The first-order valence-electron chi connectivity index (χ1n) is 9.14. The molecule has 0 fully saturated rings. The lowest BCUT2D eigenvalue weighted by atomic mass is 9.98. The number of nitrogens with zero attached hydrogens (tertiary/aromatic N) is 2. The second kappa shape index (κ2) is 9.23. The summed E-state index contributed by atoms with van der Waals surface area (Å²) in [5.74, 6) is -0.605. The molecule has 1 aromatic heterocycles. The molecule has 0 unspecified atom stereocenters. The van der Waals surface area contributed by atoms with Crippen LogP contribution >= 0.6 is 11.3 Å². The van der Waals surface area contributed by atoms with Gasteiger partial charge >= 0.3 is 0 Å². The Labute approximate surface area is 168 Å². The van der Waals surface area contributed by atoms with Gasteiger partial charge in [-0.2, -0.15) is 0 Å². The van der Waals surface area contributed by atoms with Gasteiger partial charge in [-0.25, -0.2) is 0 Å². The van der Waals surface area contributed by atoms with Gasteiger partial charge in [0.2, 0.25) is 11.0 Å². The van der Waals surface area contributed by atoms with Crippen molar-refractivity contribution in [2.45, 2.75) is 26.3 Å². The molecule has 3 rings (SSSR count). The number of aromatic nitrogens is 2. The van der Waals surface area contributed by atoms with E-state index in [1.54, 1.807) is 24.3 Å². The van der Waals surface area contributed by atoms with Crippen molar-refractivity contribution in [3.8, 4) is 10.6 Å². The fourth-order valence-electron chi connectivity index (χ4n) is 2.67. The molecule has 2 aromatic carbocycles. The summed E-state index contributed by atoms with van der Waals surface area (Å²) in [6, 6.07) is 17.9. The summed E-state index contributed by atoms with van der Waals surface area (Å²) in [6.07, 6.45) is 0.749. The summed E-state index contributed by atoms with van der Waals surface area (Å²) in [6.45, 7) is 3.92. The van der Waals surface area contributed by atoms with Crippen molar-refractivity contribution < 1.29 is 9.59 Å². The summed E-state index contributed by atoms with van der Waals surface area (Å²) in [5, 5.41) is 15.0. The summed E-state index contributed by atoms with van der Waals surface area (Å²) < 4.78 is 0. The van der Waals surface area contributed by atoms with Crippen molar-refractivity contribution >= 4 is 28.3 Å². The molecule has 0 saturated heterocycles. The topological polar surface area (TPSA) is 84.0 Å². The zero-order chi connectivity index (χ0) is 19.9. The summed E-state index contributed by atoms with van der Waals surface area (Å²) in [5.41, 5.74) is 1.46. The van der Waals surface area contributed by atoms with Crippen LogP contribution in [0.4, 0.5) is 5.13 Å². The zero-order valence-electron chi connectivity index (χ0n) is 15.8. The highest BCUT2D eigenvalue weighted by molar-refractivity contribution is 7.18. The molecule has 0 aliphatic rings. The van der Waals surface area contributed by atoms with Crippen molar-refractivity contribution in [1.82, 2.24) is 15.5 Å². The molecule has 0 spiro atoms. The standard InChI is InChI=1S/C21H22N4O2S/c1-3-14(2)17(22-18(26)15-10-6-4-7-11-15)19(27)23-21-25-24-20(28-21)16-12-8-5-9-13-16/h4-14,17H,3H2,1-2H3,(H,22,26)(H,23,25,27)/t14-,17-/m0/s1. The molecule has 0 saturated carbocycles. The Hall–Kier alpha value is -3.06. The van der Waals surface area contributed by atoms with Gasteiger partial charge in [0.1, 0.15) is 11.0 Å². The molecule has 2 atom stereocenters. The molecule has 7 heteroatoms. The summed E-state index contributed by atoms with van der Waals surface area (Å²) >= 11 is 1.30. The first-order valence-corrected chi connectivity index (χ1v) is 9.95. The Balaban J connectivity index is 1.72. The first kappa shape index (κ1) is 19.7. The fourth-order valence-corrected chi connectivity index (χ4v) is 3.42. The predicted octanol–water partition coefficient (Wildman–Crippen LogP) is 3.99. The van der Waals surface area contributed by atoms with E-state index in [9.17, 15) is 9.59 Å². The molecule has 6 nitrogen and oxygen atoms in total. The summed E-state index contributed by atoms with van der Waals surface area (Å²) in [4.78, 5) is 25.3. The van der Waals surface area contributed by atoms with Crippen LogP contribution in [0.5, 0.6) is 0 Å². The highest BCUT2D eigenvalue weighted by atomic mass is 32.1. The van der Waals surface area contributed by atoms with Gasteiger partial charge in [0.25, 0.3) is 5.91 Å².